The molecule has 0 N–H and O–H groups in total. The van der Waals surface area contributed by atoms with Crippen molar-refractivity contribution in [2.75, 3.05) is 0 Å². The lowest BCUT2D eigenvalue weighted by Gasteiger charge is -2.45. The van der Waals surface area contributed by atoms with Crippen LogP contribution in [0.25, 0.3) is 0 Å². The van der Waals surface area contributed by atoms with Crippen LogP contribution in [0.15, 0.2) is 0 Å². The van der Waals surface area contributed by atoms with E-state index in [2.05, 4.69) is 0 Å². The van der Waals surface area contributed by atoms with E-state index in [9.17, 15) is 14.4 Å². The third-order valence-electron chi connectivity index (χ3n) is 6.13. The van der Waals surface area contributed by atoms with Gasteiger partial charge in [0.15, 0.2) is 0 Å². The van der Waals surface area contributed by atoms with Gasteiger partial charge in [-0.1, -0.05) is 13.8 Å². The fourth-order valence-corrected chi connectivity index (χ4v) is 4.99. The number of esters is 2. The molecule has 4 aliphatic rings. The van der Waals surface area contributed by atoms with Crippen LogP contribution >= 0.6 is 0 Å². The predicted octanol–water partition coefficient (Wildman–Crippen LogP) is 1.41. The summed E-state index contributed by atoms with van der Waals surface area (Å²) in [6, 6.07) is -0.120. The van der Waals surface area contributed by atoms with Crippen molar-refractivity contribution in [3.8, 4) is 0 Å². The number of fused-ring (bicyclic) bond motifs is 2. The zero-order valence-electron chi connectivity index (χ0n) is 13.6. The monoisotopic (exact) mass is 321 g/mol. The quantitative estimate of drug-likeness (QED) is 0.683. The molecule has 4 aliphatic heterocycles. The molecule has 6 atom stereocenters. The van der Waals surface area contributed by atoms with Gasteiger partial charge in [0, 0.05) is 12.8 Å². The van der Waals surface area contributed by atoms with Crippen LogP contribution in [0.4, 0.5) is 0 Å². The molecule has 0 aliphatic carbocycles. The van der Waals surface area contributed by atoms with E-state index in [1.54, 1.807) is 0 Å². The molecule has 0 bridgehead atoms. The summed E-state index contributed by atoms with van der Waals surface area (Å²) in [5.41, 5.74) is -0.520. The summed E-state index contributed by atoms with van der Waals surface area (Å²) in [5.74, 6) is -0.415. The fourth-order valence-electron chi connectivity index (χ4n) is 4.99. The molecule has 4 heterocycles. The normalized spacial score (nSPS) is 46.3. The molecule has 6 heteroatoms. The number of hydrogen-bond acceptors (Lipinski definition) is 5. The fraction of sp³-hybridized carbons (Fsp3) is 0.824. The SMILES string of the molecule is C[C@@H]1C[C@@]2(CCC(=O)N3[C@H]2CC[C@H]3[C@@H]2C[C@H](C)C(=O)O2)OC1=O. The van der Waals surface area contributed by atoms with Gasteiger partial charge in [0.1, 0.15) is 11.7 Å². The predicted molar refractivity (Wildman–Crippen MR) is 79.2 cm³/mol. The third kappa shape index (κ3) is 2.10. The second kappa shape index (κ2) is 4.95. The molecular formula is C17H23NO5. The molecule has 1 spiro atoms. The van der Waals surface area contributed by atoms with E-state index < -0.39 is 5.60 Å². The van der Waals surface area contributed by atoms with Crippen LogP contribution in [0.3, 0.4) is 0 Å². The Kier molecular flexibility index (Phi) is 3.22. The Bertz CT molecular complexity index is 575. The summed E-state index contributed by atoms with van der Waals surface area (Å²) in [6.07, 6.45) is 3.81. The van der Waals surface area contributed by atoms with E-state index >= 15 is 0 Å². The van der Waals surface area contributed by atoms with Crippen LogP contribution in [0.5, 0.6) is 0 Å². The zero-order valence-corrected chi connectivity index (χ0v) is 13.6. The van der Waals surface area contributed by atoms with Crippen molar-refractivity contribution in [3.05, 3.63) is 0 Å². The Labute approximate surface area is 135 Å². The van der Waals surface area contributed by atoms with Crippen molar-refractivity contribution in [2.45, 2.75) is 76.2 Å². The van der Waals surface area contributed by atoms with Crippen LogP contribution in [0, 0.1) is 11.8 Å². The van der Waals surface area contributed by atoms with E-state index in [0.29, 0.717) is 25.7 Å². The van der Waals surface area contributed by atoms with E-state index in [0.717, 1.165) is 12.8 Å². The number of amides is 1. The van der Waals surface area contributed by atoms with Gasteiger partial charge in [0.05, 0.1) is 23.9 Å². The Hall–Kier alpha value is -1.59. The average Bonchev–Trinajstić information content (AvgIpc) is 3.15. The van der Waals surface area contributed by atoms with Gasteiger partial charge in [-0.25, -0.2) is 0 Å². The van der Waals surface area contributed by atoms with Crippen molar-refractivity contribution in [1.82, 2.24) is 4.90 Å². The second-order valence-corrected chi connectivity index (χ2v) is 7.66. The number of rotatable bonds is 1. The number of ether oxygens (including phenoxy) is 2. The van der Waals surface area contributed by atoms with Gasteiger partial charge >= 0.3 is 11.9 Å². The van der Waals surface area contributed by atoms with Gasteiger partial charge in [-0.3, -0.25) is 14.4 Å². The number of cyclic esters (lactones) is 1. The number of nitrogens with zero attached hydrogens (tertiary/aromatic N) is 1. The van der Waals surface area contributed by atoms with E-state index in [-0.39, 0.29) is 47.9 Å². The highest BCUT2D eigenvalue weighted by Crippen LogP contribution is 2.49. The maximum absolute atomic E-state index is 12.6. The topological polar surface area (TPSA) is 72.9 Å². The molecule has 1 amide bonds. The Morgan fingerprint density at radius 3 is 2.48 bits per heavy atom. The molecule has 4 fully saturated rings. The maximum Gasteiger partial charge on any atom is 0.309 e. The third-order valence-corrected chi connectivity index (χ3v) is 6.13. The lowest BCUT2D eigenvalue weighted by Crippen LogP contribution is -2.59. The smallest absolute Gasteiger partial charge is 0.309 e. The molecule has 0 radical (unpaired) electrons. The summed E-state index contributed by atoms with van der Waals surface area (Å²) >= 11 is 0. The van der Waals surface area contributed by atoms with E-state index in [1.807, 2.05) is 18.7 Å². The second-order valence-electron chi connectivity index (χ2n) is 7.66. The van der Waals surface area contributed by atoms with E-state index in [4.69, 9.17) is 9.47 Å². The van der Waals surface area contributed by atoms with Gasteiger partial charge in [0.25, 0.3) is 0 Å². The number of carbonyl (C=O) groups is 3. The first-order valence-corrected chi connectivity index (χ1v) is 8.66. The first kappa shape index (κ1) is 15.0. The van der Waals surface area contributed by atoms with Crippen molar-refractivity contribution in [1.29, 1.82) is 0 Å². The summed E-state index contributed by atoms with van der Waals surface area (Å²) < 4.78 is 11.3. The largest absolute Gasteiger partial charge is 0.460 e. The van der Waals surface area contributed by atoms with Gasteiger partial charge in [0.2, 0.25) is 5.91 Å². The molecule has 0 saturated carbocycles. The van der Waals surface area contributed by atoms with Crippen LogP contribution in [-0.2, 0) is 23.9 Å². The minimum atomic E-state index is -0.520. The standard InChI is InChI=1S/C17H23NO5/c1-9-7-12(22-15(9)20)11-3-4-13-17(6-5-14(19)18(11)13)8-10(2)16(21)23-17/h9-13H,3-8H2,1-2H3/t9-,10+,11-,12-,13-,17+/m0/s1. The minimum Gasteiger partial charge on any atom is -0.460 e. The average molecular weight is 321 g/mol. The van der Waals surface area contributed by atoms with E-state index in [1.165, 1.54) is 0 Å². The first-order valence-electron chi connectivity index (χ1n) is 8.66. The molecule has 0 aromatic carbocycles. The number of hydrogen-bond donors (Lipinski definition) is 0. The molecule has 0 aromatic rings. The Morgan fingerprint density at radius 1 is 1.09 bits per heavy atom. The highest BCUT2D eigenvalue weighted by molar-refractivity contribution is 5.81. The van der Waals surface area contributed by atoms with Crippen LogP contribution < -0.4 is 0 Å². The van der Waals surface area contributed by atoms with Crippen LogP contribution in [0.2, 0.25) is 0 Å². The maximum atomic E-state index is 12.6. The summed E-state index contributed by atoms with van der Waals surface area (Å²) in [4.78, 5) is 38.1. The summed E-state index contributed by atoms with van der Waals surface area (Å²) in [6.45, 7) is 3.76. The van der Waals surface area contributed by atoms with Crippen LogP contribution in [-0.4, -0.2) is 46.5 Å². The van der Waals surface area contributed by atoms with Crippen molar-refractivity contribution in [3.63, 3.8) is 0 Å². The zero-order chi connectivity index (χ0) is 16.4. The summed E-state index contributed by atoms with van der Waals surface area (Å²) in [5, 5.41) is 0. The first-order chi connectivity index (χ1) is 10.9. The van der Waals surface area contributed by atoms with Gasteiger partial charge < -0.3 is 14.4 Å². The van der Waals surface area contributed by atoms with Gasteiger partial charge in [-0.05, 0) is 25.7 Å². The Morgan fingerprint density at radius 2 is 1.87 bits per heavy atom. The molecule has 4 rings (SSSR count). The highest BCUT2D eigenvalue weighted by Gasteiger charge is 2.60. The highest BCUT2D eigenvalue weighted by atomic mass is 16.6. The lowest BCUT2D eigenvalue weighted by molar-refractivity contribution is -0.170. The van der Waals surface area contributed by atoms with Crippen molar-refractivity contribution < 1.29 is 23.9 Å². The molecule has 0 aromatic heterocycles. The van der Waals surface area contributed by atoms with Crippen molar-refractivity contribution >= 4 is 17.8 Å². The Balaban J connectivity index is 1.60. The van der Waals surface area contributed by atoms with Gasteiger partial charge in [-0.15, -0.1) is 0 Å². The lowest BCUT2D eigenvalue weighted by atomic mass is 9.80. The number of piperidine rings is 1. The minimum absolute atomic E-state index is 0.0581. The molecule has 126 valence electrons. The molecule has 0 unspecified atom stereocenters. The molecule has 23 heavy (non-hydrogen) atoms. The van der Waals surface area contributed by atoms with Crippen molar-refractivity contribution in [2.24, 2.45) is 11.8 Å². The molecule has 6 nitrogen and oxygen atoms in total. The number of carbonyl (C=O) groups excluding carboxylic acids is 3. The van der Waals surface area contributed by atoms with Crippen LogP contribution in [0.1, 0.15) is 52.4 Å². The molecule has 4 saturated heterocycles. The van der Waals surface area contributed by atoms with Gasteiger partial charge in [-0.2, -0.15) is 0 Å². The molecular weight excluding hydrogens is 298 g/mol. The summed E-state index contributed by atoms with van der Waals surface area (Å²) in [7, 11) is 0.